The predicted molar refractivity (Wildman–Crippen MR) is 104 cm³/mol. The lowest BCUT2D eigenvalue weighted by atomic mass is 10.1. The number of imidazole rings is 1. The zero-order chi connectivity index (χ0) is 18.6. The second-order valence-corrected chi connectivity index (χ2v) is 6.58. The molecule has 1 N–H and O–H groups in total. The minimum absolute atomic E-state index is 0.203. The predicted octanol–water partition coefficient (Wildman–Crippen LogP) is 2.83. The Morgan fingerprint density at radius 1 is 1.26 bits per heavy atom. The number of amides is 1. The molecule has 1 amide bonds. The molecule has 0 radical (unpaired) electrons. The summed E-state index contributed by atoms with van der Waals surface area (Å²) in [5, 5.41) is 3.41. The third-order valence-corrected chi connectivity index (χ3v) is 4.88. The highest BCUT2D eigenvalue weighted by molar-refractivity contribution is 5.81. The van der Waals surface area contributed by atoms with Gasteiger partial charge in [-0.1, -0.05) is 12.1 Å². The lowest BCUT2D eigenvalue weighted by molar-refractivity contribution is -0.129. The van der Waals surface area contributed by atoms with Gasteiger partial charge in [0.25, 0.3) is 0 Å². The molecule has 0 saturated carbocycles. The number of ether oxygens (including phenoxy) is 1. The van der Waals surface area contributed by atoms with Crippen molar-refractivity contribution in [2.75, 3.05) is 32.1 Å². The van der Waals surface area contributed by atoms with E-state index in [-0.39, 0.29) is 5.91 Å². The fourth-order valence-corrected chi connectivity index (χ4v) is 3.52. The smallest absolute Gasteiger partial charge is 0.224 e. The number of hydrogen-bond donors (Lipinski definition) is 1. The first kappa shape index (κ1) is 17.3. The first-order chi connectivity index (χ1) is 13.3. The topological polar surface area (TPSA) is 71.8 Å². The summed E-state index contributed by atoms with van der Waals surface area (Å²) in [6.07, 6.45) is 7.99. The molecule has 1 aromatic carbocycles. The Hall–Kier alpha value is -3.09. The Kier molecular flexibility index (Phi) is 4.91. The minimum atomic E-state index is 0.203. The van der Waals surface area contributed by atoms with Crippen molar-refractivity contribution >= 4 is 17.4 Å². The fourth-order valence-electron chi connectivity index (χ4n) is 3.52. The Bertz CT molecular complexity index is 946. The van der Waals surface area contributed by atoms with Crippen LogP contribution in [-0.4, -0.2) is 51.9 Å². The maximum Gasteiger partial charge on any atom is 0.224 e. The molecule has 0 unspecified atom stereocenters. The number of nitrogens with zero attached hydrogens (tertiary/aromatic N) is 4. The molecule has 140 valence electrons. The van der Waals surface area contributed by atoms with Crippen LogP contribution < -0.4 is 10.1 Å². The van der Waals surface area contributed by atoms with Crippen LogP contribution in [0.25, 0.3) is 16.9 Å². The molecule has 0 atom stereocenters. The van der Waals surface area contributed by atoms with E-state index >= 15 is 0 Å². The summed E-state index contributed by atoms with van der Waals surface area (Å²) in [5.41, 5.74) is 2.43. The maximum atomic E-state index is 12.3. The van der Waals surface area contributed by atoms with E-state index in [4.69, 9.17) is 9.72 Å². The van der Waals surface area contributed by atoms with E-state index in [1.165, 1.54) is 0 Å². The Morgan fingerprint density at radius 2 is 2.07 bits per heavy atom. The second kappa shape index (κ2) is 7.65. The number of likely N-dealkylation sites (tertiary alicyclic amines) is 1. The molecule has 0 bridgehead atoms. The highest BCUT2D eigenvalue weighted by Crippen LogP contribution is 2.34. The van der Waals surface area contributed by atoms with E-state index in [9.17, 15) is 4.79 Å². The van der Waals surface area contributed by atoms with Gasteiger partial charge in [-0.05, 0) is 25.0 Å². The number of fused-ring (bicyclic) bond motifs is 1. The number of nitrogens with one attached hydrogen (secondary N) is 1. The zero-order valence-corrected chi connectivity index (χ0v) is 15.4. The number of carbonyl (C=O) groups excluding carboxylic acids is 1. The van der Waals surface area contributed by atoms with Crippen molar-refractivity contribution in [3.8, 4) is 17.0 Å². The van der Waals surface area contributed by atoms with E-state index in [1.54, 1.807) is 19.5 Å². The van der Waals surface area contributed by atoms with Crippen molar-refractivity contribution < 1.29 is 9.53 Å². The monoisotopic (exact) mass is 365 g/mol. The van der Waals surface area contributed by atoms with Crippen LogP contribution >= 0.6 is 0 Å². The van der Waals surface area contributed by atoms with Crippen LogP contribution in [0.2, 0.25) is 0 Å². The van der Waals surface area contributed by atoms with Gasteiger partial charge in [0.15, 0.2) is 5.65 Å². The molecular weight excluding hydrogens is 342 g/mol. The van der Waals surface area contributed by atoms with Crippen molar-refractivity contribution in [1.29, 1.82) is 0 Å². The van der Waals surface area contributed by atoms with Gasteiger partial charge in [-0.15, -0.1) is 0 Å². The van der Waals surface area contributed by atoms with Gasteiger partial charge in [-0.3, -0.25) is 14.2 Å². The molecule has 0 spiro atoms. The quantitative estimate of drug-likeness (QED) is 0.727. The Balaban J connectivity index is 1.61. The summed E-state index contributed by atoms with van der Waals surface area (Å²) in [7, 11) is 1.65. The number of hydrogen-bond acceptors (Lipinski definition) is 5. The van der Waals surface area contributed by atoms with Gasteiger partial charge in [0, 0.05) is 44.0 Å². The molecule has 3 heterocycles. The summed E-state index contributed by atoms with van der Waals surface area (Å²) < 4.78 is 7.46. The summed E-state index contributed by atoms with van der Waals surface area (Å²) in [5.74, 6) is 1.80. The SMILES string of the molecule is COc1ccccc1-c1nc2cnccn2c1NCCC(=O)N1CCCC1. The molecule has 1 aliphatic rings. The largest absolute Gasteiger partial charge is 0.496 e. The third kappa shape index (κ3) is 3.45. The standard InChI is InChI=1S/C20H23N5O2/c1-27-16-7-3-2-6-15(16)19-20(25-13-10-21-14-17(25)23-19)22-9-8-18(26)24-11-4-5-12-24/h2-3,6-7,10,13-14,22H,4-5,8-9,11-12H2,1H3. The van der Waals surface area contributed by atoms with Gasteiger partial charge in [0.2, 0.25) is 5.91 Å². The van der Waals surface area contributed by atoms with Crippen LogP contribution in [-0.2, 0) is 4.79 Å². The summed E-state index contributed by atoms with van der Waals surface area (Å²) in [6, 6.07) is 7.79. The van der Waals surface area contributed by atoms with Gasteiger partial charge >= 0.3 is 0 Å². The van der Waals surface area contributed by atoms with Crippen molar-refractivity contribution in [3.05, 3.63) is 42.9 Å². The molecule has 7 nitrogen and oxygen atoms in total. The second-order valence-electron chi connectivity index (χ2n) is 6.58. The van der Waals surface area contributed by atoms with Crippen LogP contribution in [0.5, 0.6) is 5.75 Å². The molecule has 1 fully saturated rings. The van der Waals surface area contributed by atoms with E-state index < -0.39 is 0 Å². The van der Waals surface area contributed by atoms with Gasteiger partial charge in [-0.25, -0.2) is 4.98 Å². The molecular formula is C20H23N5O2. The molecule has 0 aliphatic carbocycles. The number of carbonyl (C=O) groups is 1. The number of anilines is 1. The van der Waals surface area contributed by atoms with Crippen molar-refractivity contribution in [2.45, 2.75) is 19.3 Å². The number of benzene rings is 1. The van der Waals surface area contributed by atoms with Crippen LogP contribution in [0.4, 0.5) is 5.82 Å². The van der Waals surface area contributed by atoms with Gasteiger partial charge in [-0.2, -0.15) is 0 Å². The van der Waals surface area contributed by atoms with E-state index in [0.717, 1.165) is 54.4 Å². The lowest BCUT2D eigenvalue weighted by Gasteiger charge is -2.16. The summed E-state index contributed by atoms with van der Waals surface area (Å²) >= 11 is 0. The zero-order valence-electron chi connectivity index (χ0n) is 15.4. The van der Waals surface area contributed by atoms with Crippen molar-refractivity contribution in [2.24, 2.45) is 0 Å². The number of methoxy groups -OCH3 is 1. The number of aromatic nitrogens is 3. The van der Waals surface area contributed by atoms with Gasteiger partial charge in [0.1, 0.15) is 17.3 Å². The first-order valence-corrected chi connectivity index (χ1v) is 9.25. The Labute approximate surface area is 158 Å². The molecule has 3 aromatic rings. The van der Waals surface area contributed by atoms with E-state index in [2.05, 4.69) is 10.3 Å². The minimum Gasteiger partial charge on any atom is -0.496 e. The highest BCUT2D eigenvalue weighted by Gasteiger charge is 2.19. The molecule has 4 rings (SSSR count). The van der Waals surface area contributed by atoms with Crippen molar-refractivity contribution in [1.82, 2.24) is 19.3 Å². The van der Waals surface area contributed by atoms with Crippen LogP contribution in [0.3, 0.4) is 0 Å². The summed E-state index contributed by atoms with van der Waals surface area (Å²) in [6.45, 7) is 2.31. The molecule has 7 heteroatoms. The fraction of sp³-hybridized carbons (Fsp3) is 0.350. The first-order valence-electron chi connectivity index (χ1n) is 9.25. The van der Waals surface area contributed by atoms with Crippen LogP contribution in [0.15, 0.2) is 42.9 Å². The average Bonchev–Trinajstić information content (AvgIpc) is 3.36. The third-order valence-electron chi connectivity index (χ3n) is 4.88. The Morgan fingerprint density at radius 3 is 2.89 bits per heavy atom. The van der Waals surface area contributed by atoms with Crippen LogP contribution in [0.1, 0.15) is 19.3 Å². The number of rotatable bonds is 6. The highest BCUT2D eigenvalue weighted by atomic mass is 16.5. The molecule has 27 heavy (non-hydrogen) atoms. The number of para-hydroxylation sites is 1. The molecule has 1 aliphatic heterocycles. The van der Waals surface area contributed by atoms with Crippen molar-refractivity contribution in [3.63, 3.8) is 0 Å². The normalized spacial score (nSPS) is 13.9. The van der Waals surface area contributed by atoms with Gasteiger partial charge < -0.3 is 15.0 Å². The summed E-state index contributed by atoms with van der Waals surface area (Å²) in [4.78, 5) is 23.2. The lowest BCUT2D eigenvalue weighted by Crippen LogP contribution is -2.29. The van der Waals surface area contributed by atoms with E-state index in [1.807, 2.05) is 39.8 Å². The average molecular weight is 365 g/mol. The van der Waals surface area contributed by atoms with Crippen LogP contribution in [0, 0.1) is 0 Å². The maximum absolute atomic E-state index is 12.3. The van der Waals surface area contributed by atoms with E-state index in [0.29, 0.717) is 13.0 Å². The molecule has 1 saturated heterocycles. The molecule has 2 aromatic heterocycles. The van der Waals surface area contributed by atoms with Gasteiger partial charge in [0.05, 0.1) is 13.3 Å².